The molecule has 0 spiro atoms. The van der Waals surface area contributed by atoms with Crippen LogP contribution in [0.1, 0.15) is 25.5 Å². The van der Waals surface area contributed by atoms with E-state index in [-0.39, 0.29) is 11.9 Å². The Bertz CT molecular complexity index is 634. The van der Waals surface area contributed by atoms with Crippen LogP contribution in [0.2, 0.25) is 10.0 Å². The summed E-state index contributed by atoms with van der Waals surface area (Å²) in [5.74, 6) is 0.506. The second kappa shape index (κ2) is 7.12. The number of hydrogen-bond acceptors (Lipinski definition) is 2. The quantitative estimate of drug-likeness (QED) is 0.772. The first kappa shape index (κ1) is 16.1. The first-order valence-electron chi connectivity index (χ1n) is 6.67. The van der Waals surface area contributed by atoms with Crippen molar-refractivity contribution in [1.82, 2.24) is 5.32 Å². The summed E-state index contributed by atoms with van der Waals surface area (Å²) in [6.45, 7) is 4.58. The molecule has 1 unspecified atom stereocenters. The zero-order valence-corrected chi connectivity index (χ0v) is 13.3. The first-order valence-corrected chi connectivity index (χ1v) is 7.43. The van der Waals surface area contributed by atoms with E-state index < -0.39 is 0 Å². The van der Waals surface area contributed by atoms with E-state index in [1.165, 1.54) is 6.07 Å². The van der Waals surface area contributed by atoms with Gasteiger partial charge in [-0.05, 0) is 37.7 Å². The molecule has 0 heterocycles. The van der Waals surface area contributed by atoms with Gasteiger partial charge in [-0.15, -0.1) is 0 Å². The summed E-state index contributed by atoms with van der Waals surface area (Å²) in [6.07, 6.45) is 0. The third-order valence-electron chi connectivity index (χ3n) is 3.07. The van der Waals surface area contributed by atoms with E-state index in [4.69, 9.17) is 27.9 Å². The lowest BCUT2D eigenvalue weighted by atomic mass is 10.1. The molecule has 2 aromatic carbocycles. The second-order valence-corrected chi connectivity index (χ2v) is 5.45. The number of benzene rings is 2. The van der Waals surface area contributed by atoms with Crippen LogP contribution in [0, 0.1) is 5.82 Å². The fourth-order valence-electron chi connectivity index (χ4n) is 2.11. The molecule has 0 fully saturated rings. The third-order valence-corrected chi connectivity index (χ3v) is 3.62. The highest BCUT2D eigenvalue weighted by atomic mass is 35.5. The van der Waals surface area contributed by atoms with Gasteiger partial charge in [-0.25, -0.2) is 4.39 Å². The minimum absolute atomic E-state index is 0.177. The summed E-state index contributed by atoms with van der Waals surface area (Å²) in [5, 5.41) is 4.10. The molecule has 0 saturated heterocycles. The lowest BCUT2D eigenvalue weighted by molar-refractivity contribution is 0.448. The molecule has 1 N–H and O–H groups in total. The van der Waals surface area contributed by atoms with Gasteiger partial charge < -0.3 is 10.1 Å². The minimum Gasteiger partial charge on any atom is -0.455 e. The molecule has 112 valence electrons. The Morgan fingerprint density at radius 1 is 1.19 bits per heavy atom. The molecule has 0 aliphatic heterocycles. The van der Waals surface area contributed by atoms with Crippen molar-refractivity contribution in [2.75, 3.05) is 6.54 Å². The summed E-state index contributed by atoms with van der Waals surface area (Å²) < 4.78 is 19.9. The lowest BCUT2D eigenvalue weighted by Crippen LogP contribution is -2.19. The summed E-state index contributed by atoms with van der Waals surface area (Å²) in [7, 11) is 0. The van der Waals surface area contributed by atoms with Crippen molar-refractivity contribution in [3.8, 4) is 11.5 Å². The van der Waals surface area contributed by atoms with E-state index in [0.717, 1.165) is 6.54 Å². The van der Waals surface area contributed by atoms with E-state index in [9.17, 15) is 4.39 Å². The van der Waals surface area contributed by atoms with Gasteiger partial charge in [0.2, 0.25) is 0 Å². The smallest absolute Gasteiger partial charge is 0.147 e. The van der Waals surface area contributed by atoms with Gasteiger partial charge in [0.05, 0.1) is 5.02 Å². The van der Waals surface area contributed by atoms with Crippen LogP contribution in [0.4, 0.5) is 4.39 Å². The highest BCUT2D eigenvalue weighted by molar-refractivity contribution is 6.34. The molecule has 0 bridgehead atoms. The fourth-order valence-corrected chi connectivity index (χ4v) is 2.43. The van der Waals surface area contributed by atoms with Gasteiger partial charge in [0, 0.05) is 22.7 Å². The molecule has 0 radical (unpaired) electrons. The van der Waals surface area contributed by atoms with Gasteiger partial charge in [0.1, 0.15) is 17.3 Å². The Labute approximate surface area is 133 Å². The van der Waals surface area contributed by atoms with E-state index in [1.807, 2.05) is 13.8 Å². The van der Waals surface area contributed by atoms with Crippen LogP contribution in [0.5, 0.6) is 11.5 Å². The van der Waals surface area contributed by atoms with Gasteiger partial charge in [-0.2, -0.15) is 0 Å². The van der Waals surface area contributed by atoms with Crippen LogP contribution in [-0.2, 0) is 0 Å². The fraction of sp³-hybridized carbons (Fsp3) is 0.250. The van der Waals surface area contributed by atoms with Crippen molar-refractivity contribution in [2.45, 2.75) is 19.9 Å². The zero-order valence-electron chi connectivity index (χ0n) is 11.8. The Morgan fingerprint density at radius 2 is 1.95 bits per heavy atom. The maximum absolute atomic E-state index is 14.1. The molecule has 21 heavy (non-hydrogen) atoms. The predicted molar refractivity (Wildman–Crippen MR) is 85.0 cm³/mol. The van der Waals surface area contributed by atoms with Gasteiger partial charge in [-0.1, -0.05) is 36.2 Å². The molecule has 2 aromatic rings. The number of hydrogen-bond donors (Lipinski definition) is 1. The van der Waals surface area contributed by atoms with E-state index >= 15 is 0 Å². The normalized spacial score (nSPS) is 12.2. The zero-order chi connectivity index (χ0) is 15.4. The molecule has 0 amide bonds. The van der Waals surface area contributed by atoms with Crippen LogP contribution in [0.25, 0.3) is 0 Å². The first-order chi connectivity index (χ1) is 10.0. The van der Waals surface area contributed by atoms with E-state index in [0.29, 0.717) is 27.1 Å². The van der Waals surface area contributed by atoms with Gasteiger partial charge >= 0.3 is 0 Å². The Morgan fingerprint density at radius 3 is 2.67 bits per heavy atom. The molecule has 0 saturated carbocycles. The van der Waals surface area contributed by atoms with Crippen LogP contribution in [-0.4, -0.2) is 6.54 Å². The molecular weight excluding hydrogens is 312 g/mol. The molecule has 2 rings (SSSR count). The van der Waals surface area contributed by atoms with Gasteiger partial charge in [0.25, 0.3) is 0 Å². The second-order valence-electron chi connectivity index (χ2n) is 4.61. The number of nitrogens with one attached hydrogen (secondary N) is 1. The van der Waals surface area contributed by atoms with Crippen molar-refractivity contribution < 1.29 is 9.13 Å². The minimum atomic E-state index is -0.320. The number of halogens is 3. The summed E-state index contributed by atoms with van der Waals surface area (Å²) >= 11 is 12.0. The van der Waals surface area contributed by atoms with Crippen LogP contribution in [0.3, 0.4) is 0 Å². The lowest BCUT2D eigenvalue weighted by Gasteiger charge is -2.18. The molecule has 2 nitrogen and oxygen atoms in total. The van der Waals surface area contributed by atoms with E-state index in [1.54, 1.807) is 30.3 Å². The van der Waals surface area contributed by atoms with Gasteiger partial charge in [-0.3, -0.25) is 0 Å². The summed E-state index contributed by atoms with van der Waals surface area (Å²) in [5.41, 5.74) is 0.468. The average Bonchev–Trinajstić information content (AvgIpc) is 2.43. The largest absolute Gasteiger partial charge is 0.455 e. The Kier molecular flexibility index (Phi) is 5.45. The van der Waals surface area contributed by atoms with Crippen LogP contribution < -0.4 is 10.1 Å². The summed E-state index contributed by atoms with van der Waals surface area (Å²) in [4.78, 5) is 0. The molecule has 5 heteroatoms. The Hall–Kier alpha value is -1.29. The van der Waals surface area contributed by atoms with Crippen molar-refractivity contribution in [3.05, 3.63) is 57.8 Å². The predicted octanol–water partition coefficient (Wildman–Crippen LogP) is 5.60. The Balaban J connectivity index is 2.40. The number of ether oxygens (including phenoxy) is 1. The van der Waals surface area contributed by atoms with Crippen molar-refractivity contribution in [3.63, 3.8) is 0 Å². The van der Waals surface area contributed by atoms with Crippen LogP contribution >= 0.6 is 23.2 Å². The van der Waals surface area contributed by atoms with Crippen molar-refractivity contribution in [2.24, 2.45) is 0 Å². The number of rotatable bonds is 5. The molecule has 0 aliphatic rings. The van der Waals surface area contributed by atoms with Gasteiger partial charge in [0.15, 0.2) is 0 Å². The highest BCUT2D eigenvalue weighted by Gasteiger charge is 2.17. The molecule has 1 atom stereocenters. The van der Waals surface area contributed by atoms with Crippen molar-refractivity contribution >= 4 is 23.2 Å². The maximum atomic E-state index is 14.1. The summed E-state index contributed by atoms with van der Waals surface area (Å²) in [6, 6.07) is 9.47. The third kappa shape index (κ3) is 3.88. The average molecular weight is 328 g/mol. The van der Waals surface area contributed by atoms with Crippen molar-refractivity contribution in [1.29, 1.82) is 0 Å². The van der Waals surface area contributed by atoms with Crippen LogP contribution in [0.15, 0.2) is 36.4 Å². The van der Waals surface area contributed by atoms with E-state index in [2.05, 4.69) is 5.32 Å². The molecule has 0 aromatic heterocycles. The standard InChI is InChI=1S/C16H16Cl2FNO/c1-3-20-10(2)16-13(19)5-4-6-14(16)21-15-9-11(17)7-8-12(15)18/h4-10,20H,3H2,1-2H3. The molecule has 0 aliphatic carbocycles. The molecular formula is C16H16Cl2FNO. The highest BCUT2D eigenvalue weighted by Crippen LogP contribution is 2.36. The maximum Gasteiger partial charge on any atom is 0.147 e. The SMILES string of the molecule is CCNC(C)c1c(F)cccc1Oc1cc(Cl)ccc1Cl. The topological polar surface area (TPSA) is 21.3 Å². The monoisotopic (exact) mass is 327 g/mol.